The van der Waals surface area contributed by atoms with Crippen LogP contribution >= 0.6 is 0 Å². The Morgan fingerprint density at radius 2 is 1.71 bits per heavy atom. The zero-order valence-corrected chi connectivity index (χ0v) is 25.5. The van der Waals surface area contributed by atoms with Crippen molar-refractivity contribution in [3.8, 4) is 0 Å². The van der Waals surface area contributed by atoms with Crippen molar-refractivity contribution in [1.82, 2.24) is 20.5 Å². The lowest BCUT2D eigenvalue weighted by Crippen LogP contribution is -2.33. The Morgan fingerprint density at radius 1 is 1.07 bits per heavy atom. The van der Waals surface area contributed by atoms with Gasteiger partial charge in [0.05, 0.1) is 5.56 Å². The van der Waals surface area contributed by atoms with Gasteiger partial charge in [-0.05, 0) is 56.0 Å². The third kappa shape index (κ3) is 11.7. The Hall–Kier alpha value is -4.41. The summed E-state index contributed by atoms with van der Waals surface area (Å²) in [6.45, 7) is 8.78. The Bertz CT molecular complexity index is 1170. The molecule has 2 rings (SSSR count). The van der Waals surface area contributed by atoms with Crippen LogP contribution in [0.25, 0.3) is 0 Å². The van der Waals surface area contributed by atoms with Gasteiger partial charge >= 0.3 is 0 Å². The molecule has 1 aromatic carbocycles. The molecule has 1 unspecified atom stereocenters. The first kappa shape index (κ1) is 34.6. The lowest BCUT2D eigenvalue weighted by molar-refractivity contribution is -0.117. The van der Waals surface area contributed by atoms with Gasteiger partial charge in [0.15, 0.2) is 0 Å². The number of hydrogen-bond acceptors (Lipinski definition) is 8. The van der Waals surface area contributed by atoms with E-state index in [1.54, 1.807) is 33.3 Å². The molecule has 1 atom stereocenters. The molecule has 0 aliphatic rings. The van der Waals surface area contributed by atoms with Gasteiger partial charge in [0.1, 0.15) is 11.5 Å². The molecule has 0 spiro atoms. The molecule has 41 heavy (non-hydrogen) atoms. The van der Waals surface area contributed by atoms with E-state index in [1.165, 1.54) is 11.1 Å². The maximum absolute atomic E-state index is 13.1. The molecule has 0 fully saturated rings. The van der Waals surface area contributed by atoms with Crippen molar-refractivity contribution in [1.29, 1.82) is 0 Å². The van der Waals surface area contributed by atoms with Gasteiger partial charge in [-0.3, -0.25) is 19.4 Å². The molecule has 6 N–H and O–H groups in total. The highest BCUT2D eigenvalue weighted by atomic mass is 16.2. The Balaban J connectivity index is 0.00000196. The Morgan fingerprint density at radius 3 is 2.17 bits per heavy atom. The van der Waals surface area contributed by atoms with E-state index in [1.807, 2.05) is 45.2 Å². The predicted molar refractivity (Wildman–Crippen MR) is 167 cm³/mol. The van der Waals surface area contributed by atoms with Gasteiger partial charge in [0, 0.05) is 70.5 Å². The fraction of sp³-hybridized carbons (Fsp3) is 0.433. The highest BCUT2D eigenvalue weighted by Crippen LogP contribution is 2.18. The first-order chi connectivity index (χ1) is 19.5. The van der Waals surface area contributed by atoms with Crippen molar-refractivity contribution in [2.75, 3.05) is 45.4 Å². The summed E-state index contributed by atoms with van der Waals surface area (Å²) in [5.41, 5.74) is 10.5. The van der Waals surface area contributed by atoms with Gasteiger partial charge in [-0.1, -0.05) is 26.0 Å². The number of carbonyl (C=O) groups is 3. The average Bonchev–Trinajstić information content (AvgIpc) is 2.98. The van der Waals surface area contributed by atoms with Crippen LogP contribution in [-0.2, 0) is 16.1 Å². The lowest BCUT2D eigenvalue weighted by atomic mass is 9.93. The molecule has 11 nitrogen and oxygen atoms in total. The minimum absolute atomic E-state index is 0.0370. The number of aromatic nitrogens is 1. The summed E-state index contributed by atoms with van der Waals surface area (Å²) in [7, 11) is 6.81. The number of rotatable bonds is 13. The van der Waals surface area contributed by atoms with Crippen molar-refractivity contribution in [2.45, 2.75) is 46.7 Å². The maximum Gasteiger partial charge on any atom is 0.267 e. The number of aliphatic imine (C=N–C) groups is 1. The molecule has 0 radical (unpaired) electrons. The predicted octanol–water partition coefficient (Wildman–Crippen LogP) is 3.02. The highest BCUT2D eigenvalue weighted by molar-refractivity contribution is 6.09. The van der Waals surface area contributed by atoms with Crippen molar-refractivity contribution in [3.63, 3.8) is 0 Å². The summed E-state index contributed by atoms with van der Waals surface area (Å²) >= 11 is 0. The summed E-state index contributed by atoms with van der Waals surface area (Å²) in [4.78, 5) is 45.1. The molecule has 3 amide bonds. The van der Waals surface area contributed by atoms with E-state index in [0.29, 0.717) is 29.9 Å². The van der Waals surface area contributed by atoms with Crippen LogP contribution in [0.15, 0.2) is 58.9 Å². The standard InChI is InChI=1S/C28H41N7O2.C2H5NO/c1-8-19(4)26(34-18(2)3)23(17-32-24-14-11-21(16-31-24)28(37)35(6)7)25(29)27(36)33-15-20-9-12-22(30-5)13-10-20;1-3-2-4/h9-14,16,18-19,30H,8,15,17,29H2,1-7H3,(H,31,32)(H,33,36);2H,1H3,(H,3,4)/b25-23-,34-26?;. The second-order valence-electron chi connectivity index (χ2n) is 9.83. The number of anilines is 2. The zero-order valence-electron chi connectivity index (χ0n) is 25.5. The Labute approximate surface area is 244 Å². The molecule has 0 bridgehead atoms. The molecular formula is C30H46N8O3. The van der Waals surface area contributed by atoms with Crippen LogP contribution in [-0.4, -0.2) is 74.6 Å². The monoisotopic (exact) mass is 566 g/mol. The molecule has 0 aliphatic heterocycles. The normalized spacial score (nSPS) is 12.3. The van der Waals surface area contributed by atoms with Gasteiger partial charge in [-0.25, -0.2) is 4.98 Å². The number of benzene rings is 1. The van der Waals surface area contributed by atoms with Gasteiger partial charge in [-0.15, -0.1) is 0 Å². The van der Waals surface area contributed by atoms with Crippen LogP contribution < -0.4 is 27.0 Å². The van der Waals surface area contributed by atoms with Gasteiger partial charge in [0.25, 0.3) is 11.8 Å². The minimum Gasteiger partial charge on any atom is -0.394 e. The number of nitrogens with one attached hydrogen (secondary N) is 4. The Kier molecular flexibility index (Phi) is 15.2. The fourth-order valence-corrected chi connectivity index (χ4v) is 3.56. The molecule has 0 aliphatic carbocycles. The summed E-state index contributed by atoms with van der Waals surface area (Å²) in [5, 5.41) is 11.5. The van der Waals surface area contributed by atoms with Crippen LogP contribution in [0, 0.1) is 5.92 Å². The van der Waals surface area contributed by atoms with E-state index in [-0.39, 0.29) is 36.0 Å². The number of nitrogens with zero attached hydrogens (tertiary/aromatic N) is 3. The molecule has 0 saturated heterocycles. The summed E-state index contributed by atoms with van der Waals surface area (Å²) < 4.78 is 0. The summed E-state index contributed by atoms with van der Waals surface area (Å²) in [6, 6.07) is 11.3. The van der Waals surface area contributed by atoms with E-state index in [4.69, 9.17) is 15.5 Å². The number of amides is 3. The molecule has 1 aromatic heterocycles. The molecule has 1 heterocycles. The van der Waals surface area contributed by atoms with Crippen molar-refractivity contribution in [3.05, 3.63) is 65.0 Å². The molecule has 11 heteroatoms. The first-order valence-electron chi connectivity index (χ1n) is 13.6. The topological polar surface area (TPSA) is 154 Å². The molecular weight excluding hydrogens is 520 g/mol. The zero-order chi connectivity index (χ0) is 30.9. The summed E-state index contributed by atoms with van der Waals surface area (Å²) in [6.07, 6.45) is 3.00. The van der Waals surface area contributed by atoms with Crippen LogP contribution in [0.5, 0.6) is 0 Å². The van der Waals surface area contributed by atoms with Gasteiger partial charge in [0.2, 0.25) is 6.41 Å². The van der Waals surface area contributed by atoms with Gasteiger partial charge in [-0.2, -0.15) is 0 Å². The number of carbonyl (C=O) groups excluding carboxylic acids is 3. The van der Waals surface area contributed by atoms with Gasteiger partial charge < -0.3 is 31.9 Å². The number of nitrogens with two attached hydrogens (primary N) is 1. The van der Waals surface area contributed by atoms with E-state index >= 15 is 0 Å². The van der Waals surface area contributed by atoms with E-state index < -0.39 is 0 Å². The average molecular weight is 567 g/mol. The van der Waals surface area contributed by atoms with Crippen molar-refractivity contribution < 1.29 is 14.4 Å². The van der Waals surface area contributed by atoms with Crippen molar-refractivity contribution >= 4 is 35.4 Å². The first-order valence-corrected chi connectivity index (χ1v) is 13.6. The third-order valence-corrected chi connectivity index (χ3v) is 6.03. The molecule has 224 valence electrons. The SMILES string of the molecule is CCC(C)C(=NC(C)C)/C(CNc1ccc(C(=O)N(C)C)cn1)=C(\N)C(=O)NCc1ccc(NC)cc1.CNC=O. The third-order valence-electron chi connectivity index (χ3n) is 6.03. The molecule has 0 saturated carbocycles. The number of hydrogen-bond donors (Lipinski definition) is 5. The maximum atomic E-state index is 13.1. The minimum atomic E-state index is -0.353. The fourth-order valence-electron chi connectivity index (χ4n) is 3.56. The van der Waals surface area contributed by atoms with Crippen LogP contribution in [0.1, 0.15) is 50.0 Å². The van der Waals surface area contributed by atoms with Crippen LogP contribution in [0.2, 0.25) is 0 Å². The van der Waals surface area contributed by atoms with Crippen LogP contribution in [0.3, 0.4) is 0 Å². The van der Waals surface area contributed by atoms with E-state index in [2.05, 4.69) is 40.1 Å². The van der Waals surface area contributed by atoms with Crippen molar-refractivity contribution in [2.24, 2.45) is 16.6 Å². The number of pyridine rings is 1. The smallest absolute Gasteiger partial charge is 0.267 e. The largest absolute Gasteiger partial charge is 0.394 e. The van der Waals surface area contributed by atoms with E-state index in [0.717, 1.165) is 23.4 Å². The van der Waals surface area contributed by atoms with Crippen LogP contribution in [0.4, 0.5) is 11.5 Å². The second-order valence-corrected chi connectivity index (χ2v) is 9.83. The lowest BCUT2D eigenvalue weighted by Gasteiger charge is -2.21. The summed E-state index contributed by atoms with van der Waals surface area (Å²) in [5.74, 6) is 0.199. The quantitative estimate of drug-likeness (QED) is 0.142. The second kappa shape index (κ2) is 18.0. The highest BCUT2D eigenvalue weighted by Gasteiger charge is 2.21. The molecule has 2 aromatic rings. The van der Waals surface area contributed by atoms with E-state index in [9.17, 15) is 9.59 Å².